The van der Waals surface area contributed by atoms with Crippen LogP contribution in [0.5, 0.6) is 0 Å². The minimum atomic E-state index is -0.479. The van der Waals surface area contributed by atoms with Crippen molar-refractivity contribution in [2.24, 2.45) is 5.92 Å². The quantitative estimate of drug-likeness (QED) is 0.606. The van der Waals surface area contributed by atoms with Crippen LogP contribution in [0, 0.1) is 16.0 Å². The molecular weight excluding hydrogens is 196 g/mol. The second-order valence-electron chi connectivity index (χ2n) is 3.57. The molecule has 1 aliphatic carbocycles. The minimum Gasteiger partial charge on any atom is -0.326 e. The molecule has 1 saturated carbocycles. The van der Waals surface area contributed by atoms with E-state index in [4.69, 9.17) is 0 Å². The number of nitrogens with one attached hydrogen (secondary N) is 1. The Morgan fingerprint density at radius 1 is 1.47 bits per heavy atom. The lowest BCUT2D eigenvalue weighted by Gasteiger charge is -2.02. The van der Waals surface area contributed by atoms with Crippen LogP contribution in [0.15, 0.2) is 24.3 Å². The highest BCUT2D eigenvalue weighted by Crippen LogP contribution is 2.30. The summed E-state index contributed by atoms with van der Waals surface area (Å²) in [6.45, 7) is 0. The SMILES string of the molecule is O=C(Nc1cccc([N+](=O)[O-])c1)C1CC1. The maximum Gasteiger partial charge on any atom is 0.271 e. The molecule has 0 atom stereocenters. The minimum absolute atomic E-state index is 0.0106. The van der Waals surface area contributed by atoms with Crippen LogP contribution in [-0.2, 0) is 4.79 Å². The number of nitro groups is 1. The van der Waals surface area contributed by atoms with E-state index >= 15 is 0 Å². The van der Waals surface area contributed by atoms with Gasteiger partial charge >= 0.3 is 0 Å². The summed E-state index contributed by atoms with van der Waals surface area (Å²) in [5.41, 5.74) is 0.477. The molecule has 2 rings (SSSR count). The summed E-state index contributed by atoms with van der Waals surface area (Å²) in [7, 11) is 0. The van der Waals surface area contributed by atoms with Gasteiger partial charge in [-0.05, 0) is 18.9 Å². The number of anilines is 1. The van der Waals surface area contributed by atoms with Gasteiger partial charge in [0.15, 0.2) is 0 Å². The lowest BCUT2D eigenvalue weighted by atomic mass is 10.2. The molecule has 1 aromatic carbocycles. The van der Waals surface area contributed by atoms with Crippen molar-refractivity contribution in [3.8, 4) is 0 Å². The van der Waals surface area contributed by atoms with Gasteiger partial charge in [0, 0.05) is 23.7 Å². The van der Waals surface area contributed by atoms with Crippen molar-refractivity contribution in [2.45, 2.75) is 12.8 Å². The Hall–Kier alpha value is -1.91. The predicted octanol–water partition coefficient (Wildman–Crippen LogP) is 1.94. The van der Waals surface area contributed by atoms with Crippen molar-refractivity contribution in [1.29, 1.82) is 0 Å². The van der Waals surface area contributed by atoms with Gasteiger partial charge in [-0.25, -0.2) is 0 Å². The van der Waals surface area contributed by atoms with Crippen LogP contribution in [-0.4, -0.2) is 10.8 Å². The fourth-order valence-electron chi connectivity index (χ4n) is 1.29. The van der Waals surface area contributed by atoms with Crippen LogP contribution in [0.25, 0.3) is 0 Å². The molecule has 78 valence electrons. The molecule has 15 heavy (non-hydrogen) atoms. The summed E-state index contributed by atoms with van der Waals surface area (Å²) in [4.78, 5) is 21.4. The normalized spacial score (nSPS) is 14.7. The summed E-state index contributed by atoms with van der Waals surface area (Å²) in [5, 5.41) is 13.1. The molecule has 0 radical (unpaired) electrons. The second-order valence-corrected chi connectivity index (χ2v) is 3.57. The molecule has 0 saturated heterocycles. The number of carbonyl (C=O) groups is 1. The van der Waals surface area contributed by atoms with E-state index in [-0.39, 0.29) is 17.5 Å². The molecule has 0 heterocycles. The van der Waals surface area contributed by atoms with Gasteiger partial charge in [-0.1, -0.05) is 6.07 Å². The van der Waals surface area contributed by atoms with Crippen molar-refractivity contribution in [1.82, 2.24) is 0 Å². The lowest BCUT2D eigenvalue weighted by molar-refractivity contribution is -0.384. The number of benzene rings is 1. The van der Waals surface area contributed by atoms with Crippen molar-refractivity contribution in [2.75, 3.05) is 5.32 Å². The highest BCUT2D eigenvalue weighted by molar-refractivity contribution is 5.94. The first-order chi connectivity index (χ1) is 7.16. The second kappa shape index (κ2) is 3.68. The van der Waals surface area contributed by atoms with E-state index in [1.165, 1.54) is 12.1 Å². The maximum absolute atomic E-state index is 11.4. The van der Waals surface area contributed by atoms with Gasteiger partial charge < -0.3 is 5.32 Å². The number of nitro benzene ring substituents is 1. The first kappa shape index (κ1) is 9.64. The number of hydrogen-bond donors (Lipinski definition) is 1. The van der Waals surface area contributed by atoms with E-state index in [9.17, 15) is 14.9 Å². The molecular formula is C10H10N2O3. The van der Waals surface area contributed by atoms with E-state index < -0.39 is 4.92 Å². The van der Waals surface area contributed by atoms with E-state index in [2.05, 4.69) is 5.32 Å². The maximum atomic E-state index is 11.4. The zero-order valence-corrected chi connectivity index (χ0v) is 7.97. The number of non-ortho nitro benzene ring substituents is 1. The van der Waals surface area contributed by atoms with Gasteiger partial charge in [0.1, 0.15) is 0 Å². The van der Waals surface area contributed by atoms with E-state index in [0.717, 1.165) is 12.8 Å². The van der Waals surface area contributed by atoms with Crippen LogP contribution in [0.2, 0.25) is 0 Å². The summed E-state index contributed by atoms with van der Waals surface area (Å²) in [6.07, 6.45) is 1.83. The van der Waals surface area contributed by atoms with Gasteiger partial charge in [0.2, 0.25) is 5.91 Å². The molecule has 5 nitrogen and oxygen atoms in total. The van der Waals surface area contributed by atoms with Gasteiger partial charge in [-0.15, -0.1) is 0 Å². The molecule has 0 bridgehead atoms. The number of hydrogen-bond acceptors (Lipinski definition) is 3. The average Bonchev–Trinajstić information content (AvgIpc) is 3.01. The monoisotopic (exact) mass is 206 g/mol. The predicted molar refractivity (Wildman–Crippen MR) is 54.5 cm³/mol. The molecule has 0 spiro atoms. The standard InChI is InChI=1S/C10H10N2O3/c13-10(7-4-5-7)11-8-2-1-3-9(6-8)12(14)15/h1-3,6-7H,4-5H2,(H,11,13). The molecule has 1 aliphatic rings. The molecule has 1 N–H and O–H groups in total. The van der Waals surface area contributed by atoms with Crippen LogP contribution in [0.4, 0.5) is 11.4 Å². The van der Waals surface area contributed by atoms with Gasteiger partial charge in [-0.2, -0.15) is 0 Å². The first-order valence-corrected chi connectivity index (χ1v) is 4.72. The molecule has 5 heteroatoms. The molecule has 1 amide bonds. The Labute approximate surface area is 86.2 Å². The van der Waals surface area contributed by atoms with Crippen LogP contribution >= 0.6 is 0 Å². The van der Waals surface area contributed by atoms with Crippen LogP contribution in [0.1, 0.15) is 12.8 Å². The van der Waals surface area contributed by atoms with E-state index in [1.807, 2.05) is 0 Å². The molecule has 0 aliphatic heterocycles. The number of amides is 1. The fraction of sp³-hybridized carbons (Fsp3) is 0.300. The molecule has 1 fully saturated rings. The van der Waals surface area contributed by atoms with E-state index in [0.29, 0.717) is 5.69 Å². The highest BCUT2D eigenvalue weighted by Gasteiger charge is 2.29. The van der Waals surface area contributed by atoms with Crippen molar-refractivity contribution >= 4 is 17.3 Å². The average molecular weight is 206 g/mol. The molecule has 0 aromatic heterocycles. The summed E-state index contributed by atoms with van der Waals surface area (Å²) >= 11 is 0. The van der Waals surface area contributed by atoms with Crippen LogP contribution in [0.3, 0.4) is 0 Å². The van der Waals surface area contributed by atoms with Crippen molar-refractivity contribution in [3.05, 3.63) is 34.4 Å². The Bertz CT molecular complexity index is 413. The fourth-order valence-corrected chi connectivity index (χ4v) is 1.29. The smallest absolute Gasteiger partial charge is 0.271 e. The summed E-state index contributed by atoms with van der Waals surface area (Å²) in [5.74, 6) is 0.0553. The Morgan fingerprint density at radius 3 is 2.80 bits per heavy atom. The zero-order chi connectivity index (χ0) is 10.8. The van der Waals surface area contributed by atoms with Crippen molar-refractivity contribution < 1.29 is 9.72 Å². The molecule has 1 aromatic rings. The van der Waals surface area contributed by atoms with Crippen molar-refractivity contribution in [3.63, 3.8) is 0 Å². The number of nitrogens with zero attached hydrogens (tertiary/aromatic N) is 1. The zero-order valence-electron chi connectivity index (χ0n) is 7.97. The highest BCUT2D eigenvalue weighted by atomic mass is 16.6. The third kappa shape index (κ3) is 2.31. The summed E-state index contributed by atoms with van der Waals surface area (Å²) in [6, 6.07) is 5.96. The number of rotatable bonds is 3. The van der Waals surface area contributed by atoms with E-state index in [1.54, 1.807) is 12.1 Å². The number of carbonyl (C=O) groups excluding carboxylic acids is 1. The largest absolute Gasteiger partial charge is 0.326 e. The van der Waals surface area contributed by atoms with Gasteiger partial charge in [0.25, 0.3) is 5.69 Å². The van der Waals surface area contributed by atoms with Gasteiger partial charge in [0.05, 0.1) is 4.92 Å². The summed E-state index contributed by atoms with van der Waals surface area (Å²) < 4.78 is 0. The molecule has 0 unspecified atom stereocenters. The first-order valence-electron chi connectivity index (χ1n) is 4.72. The van der Waals surface area contributed by atoms with Crippen LogP contribution < -0.4 is 5.32 Å². The lowest BCUT2D eigenvalue weighted by Crippen LogP contribution is -2.13. The topological polar surface area (TPSA) is 72.2 Å². The Morgan fingerprint density at radius 2 is 2.20 bits per heavy atom. The van der Waals surface area contributed by atoms with Gasteiger partial charge in [-0.3, -0.25) is 14.9 Å². The third-order valence-corrected chi connectivity index (χ3v) is 2.27. The Kier molecular flexibility index (Phi) is 2.37. The Balaban J connectivity index is 2.10. The third-order valence-electron chi connectivity index (χ3n) is 2.27.